The Morgan fingerprint density at radius 2 is 1.69 bits per heavy atom. The second-order valence-corrected chi connectivity index (χ2v) is 8.63. The van der Waals surface area contributed by atoms with E-state index in [1.807, 2.05) is 54.6 Å². The van der Waals surface area contributed by atoms with E-state index in [2.05, 4.69) is 31.2 Å². The summed E-state index contributed by atoms with van der Waals surface area (Å²) in [5.74, 6) is 0.572. The molecule has 0 aliphatic carbocycles. The molecule has 0 saturated carbocycles. The maximum Gasteiger partial charge on any atom is 0.222 e. The van der Waals surface area contributed by atoms with E-state index in [1.165, 1.54) is 18.4 Å². The molecule has 2 atom stereocenters. The topological polar surface area (TPSA) is 44.7 Å². The van der Waals surface area contributed by atoms with Gasteiger partial charge >= 0.3 is 0 Å². The van der Waals surface area contributed by atoms with Gasteiger partial charge in [0.25, 0.3) is 0 Å². The smallest absolute Gasteiger partial charge is 0.222 e. The van der Waals surface area contributed by atoms with E-state index in [4.69, 9.17) is 9.73 Å². The Hall–Kier alpha value is -2.56. The molecule has 0 N–H and O–H groups in total. The van der Waals surface area contributed by atoms with Crippen LogP contribution < -0.4 is 0 Å². The highest BCUT2D eigenvalue weighted by Gasteiger charge is 2.27. The average molecular weight is 404 g/mol. The Morgan fingerprint density at radius 1 is 0.966 bits per heavy atom. The summed E-state index contributed by atoms with van der Waals surface area (Å²) in [6.45, 7) is 2.70. The van der Waals surface area contributed by atoms with E-state index in [9.17, 15) is 4.55 Å². The van der Waals surface area contributed by atoms with Crippen LogP contribution in [-0.4, -0.2) is 17.1 Å². The zero-order chi connectivity index (χ0) is 20.1. The first kappa shape index (κ1) is 19.7. The molecule has 4 rings (SSSR count). The molecule has 1 aliphatic heterocycles. The molecule has 0 spiro atoms. The molecular formula is C25H25NO2S. The third-order valence-electron chi connectivity index (χ3n) is 5.11. The van der Waals surface area contributed by atoms with Crippen LogP contribution in [0.15, 0.2) is 93.6 Å². The zero-order valence-electron chi connectivity index (χ0n) is 16.6. The van der Waals surface area contributed by atoms with Crippen molar-refractivity contribution in [2.24, 2.45) is 4.99 Å². The highest BCUT2D eigenvalue weighted by Crippen LogP contribution is 2.30. The SMILES string of the molecule is CCCCc1ccc([S@+]([O-])c2ccccc2C2=N[C@H](c3ccccc3)CO2)cc1. The Balaban J connectivity index is 1.58. The van der Waals surface area contributed by atoms with Crippen molar-refractivity contribution in [3.8, 4) is 0 Å². The molecule has 0 fully saturated rings. The lowest BCUT2D eigenvalue weighted by atomic mass is 10.1. The summed E-state index contributed by atoms with van der Waals surface area (Å²) < 4.78 is 19.2. The van der Waals surface area contributed by atoms with Gasteiger partial charge in [-0.15, -0.1) is 0 Å². The van der Waals surface area contributed by atoms with Crippen LogP contribution in [0.1, 0.15) is 42.5 Å². The van der Waals surface area contributed by atoms with Crippen molar-refractivity contribution in [2.75, 3.05) is 6.61 Å². The zero-order valence-corrected chi connectivity index (χ0v) is 17.4. The number of hydrogen-bond donors (Lipinski definition) is 0. The quantitative estimate of drug-likeness (QED) is 0.474. The fourth-order valence-corrected chi connectivity index (χ4v) is 4.65. The molecule has 3 aromatic rings. The minimum Gasteiger partial charge on any atom is -0.606 e. The largest absolute Gasteiger partial charge is 0.606 e. The molecule has 4 heteroatoms. The lowest BCUT2D eigenvalue weighted by Crippen LogP contribution is -2.11. The molecule has 3 aromatic carbocycles. The van der Waals surface area contributed by atoms with E-state index in [0.29, 0.717) is 12.5 Å². The van der Waals surface area contributed by atoms with Gasteiger partial charge in [0.05, 0.1) is 5.56 Å². The fraction of sp³-hybridized carbons (Fsp3) is 0.240. The van der Waals surface area contributed by atoms with Crippen LogP contribution in [0.5, 0.6) is 0 Å². The van der Waals surface area contributed by atoms with Gasteiger partial charge in [-0.2, -0.15) is 0 Å². The first-order valence-corrected chi connectivity index (χ1v) is 11.3. The molecule has 0 bridgehead atoms. The van der Waals surface area contributed by atoms with Gasteiger partial charge in [0.2, 0.25) is 5.90 Å². The van der Waals surface area contributed by atoms with Gasteiger partial charge in [-0.25, -0.2) is 4.99 Å². The van der Waals surface area contributed by atoms with Crippen LogP contribution in [0.3, 0.4) is 0 Å². The first-order valence-electron chi connectivity index (χ1n) is 10.1. The van der Waals surface area contributed by atoms with Gasteiger partial charge in [-0.1, -0.05) is 67.9 Å². The van der Waals surface area contributed by atoms with Crippen molar-refractivity contribution in [1.82, 2.24) is 0 Å². The predicted molar refractivity (Wildman–Crippen MR) is 118 cm³/mol. The van der Waals surface area contributed by atoms with E-state index in [0.717, 1.165) is 27.3 Å². The van der Waals surface area contributed by atoms with Crippen molar-refractivity contribution in [2.45, 2.75) is 42.0 Å². The Kier molecular flexibility index (Phi) is 6.33. The highest BCUT2D eigenvalue weighted by molar-refractivity contribution is 7.91. The van der Waals surface area contributed by atoms with E-state index in [1.54, 1.807) is 0 Å². The van der Waals surface area contributed by atoms with Crippen molar-refractivity contribution in [3.05, 3.63) is 95.6 Å². The lowest BCUT2D eigenvalue weighted by molar-refractivity contribution is 0.319. The molecule has 148 valence electrons. The van der Waals surface area contributed by atoms with E-state index >= 15 is 0 Å². The number of unbranched alkanes of at least 4 members (excludes halogenated alkanes) is 1. The molecule has 29 heavy (non-hydrogen) atoms. The monoisotopic (exact) mass is 403 g/mol. The van der Waals surface area contributed by atoms with Crippen LogP contribution in [0.25, 0.3) is 0 Å². The maximum atomic E-state index is 13.3. The lowest BCUT2D eigenvalue weighted by Gasteiger charge is -2.14. The van der Waals surface area contributed by atoms with Gasteiger partial charge in [-0.05, 0) is 48.2 Å². The first-order chi connectivity index (χ1) is 14.3. The maximum absolute atomic E-state index is 13.3. The van der Waals surface area contributed by atoms with Crippen LogP contribution in [-0.2, 0) is 22.3 Å². The Labute approximate surface area is 175 Å². The second-order valence-electron chi connectivity index (χ2n) is 7.18. The van der Waals surface area contributed by atoms with Crippen LogP contribution >= 0.6 is 0 Å². The highest BCUT2D eigenvalue weighted by atomic mass is 32.2. The summed E-state index contributed by atoms with van der Waals surface area (Å²) in [5, 5.41) is 0. The normalized spacial score (nSPS) is 16.9. The number of hydrogen-bond acceptors (Lipinski definition) is 3. The Bertz CT molecular complexity index is 970. The molecule has 0 unspecified atom stereocenters. The summed E-state index contributed by atoms with van der Waals surface area (Å²) in [6.07, 6.45) is 3.41. The average Bonchev–Trinajstić information content (AvgIpc) is 3.28. The van der Waals surface area contributed by atoms with Gasteiger partial charge < -0.3 is 9.29 Å². The van der Waals surface area contributed by atoms with Gasteiger partial charge in [0.15, 0.2) is 9.79 Å². The van der Waals surface area contributed by atoms with Gasteiger partial charge in [-0.3, -0.25) is 0 Å². The molecule has 0 saturated heterocycles. The molecule has 0 radical (unpaired) electrons. The van der Waals surface area contributed by atoms with Gasteiger partial charge in [0.1, 0.15) is 12.6 Å². The van der Waals surface area contributed by atoms with Crippen molar-refractivity contribution in [3.63, 3.8) is 0 Å². The molecule has 3 nitrogen and oxygen atoms in total. The summed E-state index contributed by atoms with van der Waals surface area (Å²) in [7, 11) is 0. The van der Waals surface area contributed by atoms with Gasteiger partial charge in [0, 0.05) is 11.2 Å². The number of benzene rings is 3. The number of rotatable bonds is 7. The minimum absolute atomic E-state index is 0.0226. The third kappa shape index (κ3) is 4.55. The number of aliphatic imine (C=N–C) groups is 1. The van der Waals surface area contributed by atoms with E-state index < -0.39 is 11.2 Å². The molecule has 1 aliphatic rings. The van der Waals surface area contributed by atoms with Crippen LogP contribution in [0.4, 0.5) is 0 Å². The predicted octanol–water partition coefficient (Wildman–Crippen LogP) is 5.71. The minimum atomic E-state index is -1.28. The summed E-state index contributed by atoms with van der Waals surface area (Å²) in [6, 6.07) is 25.9. The van der Waals surface area contributed by atoms with Crippen LogP contribution in [0, 0.1) is 0 Å². The second kappa shape index (κ2) is 9.29. The van der Waals surface area contributed by atoms with E-state index in [-0.39, 0.29) is 6.04 Å². The number of nitrogens with zero attached hydrogens (tertiary/aromatic N) is 1. The number of ether oxygens (including phenoxy) is 1. The summed E-state index contributed by atoms with van der Waals surface area (Å²) in [5.41, 5.74) is 3.22. The summed E-state index contributed by atoms with van der Waals surface area (Å²) in [4.78, 5) is 6.31. The standard InChI is InChI=1S/C25H25NO2S/c1-2-3-9-19-14-16-21(17-15-19)29(27)24-13-8-7-12-22(24)25-26-23(18-28-25)20-10-5-4-6-11-20/h4-8,10-17,23H,2-3,9,18H2,1H3/t23-,29-/m0/s1. The third-order valence-corrected chi connectivity index (χ3v) is 6.56. The number of aryl methyl sites for hydroxylation is 1. The van der Waals surface area contributed by atoms with Crippen LogP contribution in [0.2, 0.25) is 0 Å². The molecular weight excluding hydrogens is 378 g/mol. The van der Waals surface area contributed by atoms with Crippen molar-refractivity contribution in [1.29, 1.82) is 0 Å². The molecule has 1 heterocycles. The van der Waals surface area contributed by atoms with Crippen molar-refractivity contribution < 1.29 is 9.29 Å². The molecule has 0 aromatic heterocycles. The summed E-state index contributed by atoms with van der Waals surface area (Å²) >= 11 is -1.28. The van der Waals surface area contributed by atoms with Crippen molar-refractivity contribution >= 4 is 17.1 Å². The fourth-order valence-electron chi connectivity index (χ4n) is 3.46. The molecule has 0 amide bonds. The Morgan fingerprint density at radius 3 is 2.45 bits per heavy atom.